The van der Waals surface area contributed by atoms with Crippen molar-refractivity contribution in [2.75, 3.05) is 18.0 Å². The Hall–Kier alpha value is -0.750. The van der Waals surface area contributed by atoms with Crippen molar-refractivity contribution in [3.8, 4) is 0 Å². The van der Waals surface area contributed by atoms with Gasteiger partial charge < -0.3 is 15.1 Å². The van der Waals surface area contributed by atoms with Gasteiger partial charge in [0.15, 0.2) is 0 Å². The van der Waals surface area contributed by atoms with Crippen LogP contribution in [0.1, 0.15) is 32.7 Å². The van der Waals surface area contributed by atoms with Crippen molar-refractivity contribution >= 4 is 17.8 Å². The average Bonchev–Trinajstić information content (AvgIpc) is 2.64. The molecule has 90 valence electrons. The molecule has 2 heterocycles. The van der Waals surface area contributed by atoms with Crippen LogP contribution < -0.4 is 10.6 Å². The zero-order valence-corrected chi connectivity index (χ0v) is 10.7. The Labute approximate surface area is 99.8 Å². The number of anilines is 1. The minimum absolute atomic E-state index is 0.199. The van der Waals surface area contributed by atoms with Crippen LogP contribution in [0.2, 0.25) is 0 Å². The van der Waals surface area contributed by atoms with E-state index in [0.717, 1.165) is 13.1 Å². The number of hydrogen-bond donors (Lipinski definition) is 1. The molecule has 1 aromatic rings. The van der Waals surface area contributed by atoms with Crippen LogP contribution in [0.4, 0.5) is 6.01 Å². The van der Waals surface area contributed by atoms with Gasteiger partial charge in [0.1, 0.15) is 0 Å². The van der Waals surface area contributed by atoms with Crippen molar-refractivity contribution in [1.29, 1.82) is 0 Å². The molecule has 0 radical (unpaired) electrons. The van der Waals surface area contributed by atoms with Crippen LogP contribution in [0.5, 0.6) is 0 Å². The summed E-state index contributed by atoms with van der Waals surface area (Å²) in [6.45, 7) is 8.19. The fraction of sp³-hybridized carbons (Fsp3) is 0.800. The van der Waals surface area contributed by atoms with Gasteiger partial charge >= 0.3 is 6.01 Å². The number of aromatic nitrogens is 2. The molecule has 3 unspecified atom stereocenters. The SMILES string of the molecule is CC1CN(c2nnc(C(C)N)o2)CC(C)S1. The summed E-state index contributed by atoms with van der Waals surface area (Å²) >= 11 is 2.00. The molecule has 16 heavy (non-hydrogen) atoms. The van der Waals surface area contributed by atoms with E-state index in [9.17, 15) is 0 Å². The van der Waals surface area contributed by atoms with Crippen molar-refractivity contribution < 1.29 is 4.42 Å². The van der Waals surface area contributed by atoms with E-state index in [1.54, 1.807) is 0 Å². The van der Waals surface area contributed by atoms with Crippen LogP contribution in [0.3, 0.4) is 0 Å². The molecule has 1 aromatic heterocycles. The normalized spacial score (nSPS) is 28.1. The average molecular weight is 242 g/mol. The molecular formula is C10H18N4OS. The van der Waals surface area contributed by atoms with E-state index < -0.39 is 0 Å². The lowest BCUT2D eigenvalue weighted by atomic mass is 10.3. The predicted molar refractivity (Wildman–Crippen MR) is 65.6 cm³/mol. The van der Waals surface area contributed by atoms with E-state index in [0.29, 0.717) is 22.4 Å². The van der Waals surface area contributed by atoms with Gasteiger partial charge in [0, 0.05) is 23.6 Å². The molecule has 0 aliphatic carbocycles. The molecule has 2 N–H and O–H groups in total. The van der Waals surface area contributed by atoms with E-state index in [2.05, 4.69) is 28.9 Å². The first-order chi connectivity index (χ1) is 7.56. The van der Waals surface area contributed by atoms with Crippen LogP contribution in [0.15, 0.2) is 4.42 Å². The molecule has 6 heteroatoms. The maximum absolute atomic E-state index is 5.69. The molecule has 3 atom stereocenters. The van der Waals surface area contributed by atoms with Gasteiger partial charge in [-0.2, -0.15) is 11.8 Å². The van der Waals surface area contributed by atoms with Crippen molar-refractivity contribution in [3.63, 3.8) is 0 Å². The largest absolute Gasteiger partial charge is 0.406 e. The fourth-order valence-corrected chi connectivity index (χ4v) is 3.20. The summed E-state index contributed by atoms with van der Waals surface area (Å²) in [5.41, 5.74) is 5.69. The summed E-state index contributed by atoms with van der Waals surface area (Å²) in [6.07, 6.45) is 0. The molecule has 2 rings (SSSR count). The van der Waals surface area contributed by atoms with Gasteiger partial charge in [0.05, 0.1) is 6.04 Å². The van der Waals surface area contributed by atoms with Gasteiger partial charge in [-0.15, -0.1) is 5.10 Å². The Morgan fingerprint density at radius 1 is 1.38 bits per heavy atom. The first kappa shape index (κ1) is 11.7. The van der Waals surface area contributed by atoms with E-state index >= 15 is 0 Å². The third-order valence-electron chi connectivity index (χ3n) is 2.51. The first-order valence-corrected chi connectivity index (χ1v) is 6.50. The second-order valence-corrected chi connectivity index (χ2v) is 6.26. The van der Waals surface area contributed by atoms with Crippen molar-refractivity contribution in [3.05, 3.63) is 5.89 Å². The number of rotatable bonds is 2. The lowest BCUT2D eigenvalue weighted by Crippen LogP contribution is -2.40. The number of nitrogens with two attached hydrogens (primary N) is 1. The fourth-order valence-electron chi connectivity index (χ4n) is 1.87. The Morgan fingerprint density at radius 2 is 2.00 bits per heavy atom. The van der Waals surface area contributed by atoms with Crippen LogP contribution in [-0.4, -0.2) is 33.8 Å². The molecule has 1 aliphatic rings. The monoisotopic (exact) mass is 242 g/mol. The predicted octanol–water partition coefficient (Wildman–Crippen LogP) is 1.42. The maximum Gasteiger partial charge on any atom is 0.318 e. The summed E-state index contributed by atoms with van der Waals surface area (Å²) in [6, 6.07) is 0.404. The van der Waals surface area contributed by atoms with Crippen LogP contribution in [0.25, 0.3) is 0 Å². The standard InChI is InChI=1S/C10H18N4OS/c1-6-4-14(5-7(2)16-6)10-13-12-9(15-10)8(3)11/h6-8H,4-5,11H2,1-3H3. The highest BCUT2D eigenvalue weighted by Gasteiger charge is 2.26. The lowest BCUT2D eigenvalue weighted by Gasteiger charge is -2.33. The molecule has 0 bridgehead atoms. The quantitative estimate of drug-likeness (QED) is 0.846. The van der Waals surface area contributed by atoms with E-state index in [-0.39, 0.29) is 6.04 Å². The maximum atomic E-state index is 5.69. The van der Waals surface area contributed by atoms with Gasteiger partial charge in [-0.1, -0.05) is 18.9 Å². The van der Waals surface area contributed by atoms with Crippen molar-refractivity contribution in [2.24, 2.45) is 5.73 Å². The second-order valence-electron chi connectivity index (χ2n) is 4.37. The van der Waals surface area contributed by atoms with Crippen LogP contribution in [-0.2, 0) is 0 Å². The minimum atomic E-state index is -0.199. The van der Waals surface area contributed by atoms with Gasteiger partial charge in [-0.05, 0) is 6.92 Å². The Morgan fingerprint density at radius 3 is 2.50 bits per heavy atom. The molecule has 0 aromatic carbocycles. The Balaban J connectivity index is 2.10. The van der Waals surface area contributed by atoms with Crippen molar-refractivity contribution in [2.45, 2.75) is 37.3 Å². The van der Waals surface area contributed by atoms with Gasteiger partial charge in [-0.25, -0.2) is 0 Å². The molecule has 0 amide bonds. The van der Waals surface area contributed by atoms with Gasteiger partial charge in [0.25, 0.3) is 0 Å². The van der Waals surface area contributed by atoms with Crippen LogP contribution in [0, 0.1) is 0 Å². The molecular weight excluding hydrogens is 224 g/mol. The summed E-state index contributed by atoms with van der Waals surface area (Å²) < 4.78 is 5.55. The van der Waals surface area contributed by atoms with Crippen LogP contribution >= 0.6 is 11.8 Å². The molecule has 0 saturated carbocycles. The van der Waals surface area contributed by atoms with E-state index in [1.165, 1.54) is 0 Å². The third kappa shape index (κ3) is 2.49. The second kappa shape index (κ2) is 4.63. The topological polar surface area (TPSA) is 68.2 Å². The Kier molecular flexibility index (Phi) is 3.39. The Bertz CT molecular complexity index is 344. The highest BCUT2D eigenvalue weighted by Crippen LogP contribution is 2.28. The smallest absolute Gasteiger partial charge is 0.318 e. The lowest BCUT2D eigenvalue weighted by molar-refractivity contribution is 0.454. The van der Waals surface area contributed by atoms with E-state index in [1.807, 2.05) is 18.7 Å². The molecule has 0 spiro atoms. The summed E-state index contributed by atoms with van der Waals surface area (Å²) in [7, 11) is 0. The molecule has 1 saturated heterocycles. The van der Waals surface area contributed by atoms with Gasteiger partial charge in [-0.3, -0.25) is 0 Å². The number of nitrogens with zero attached hydrogens (tertiary/aromatic N) is 3. The van der Waals surface area contributed by atoms with E-state index in [4.69, 9.17) is 10.2 Å². The highest BCUT2D eigenvalue weighted by molar-refractivity contribution is 8.00. The van der Waals surface area contributed by atoms with Gasteiger partial charge in [0.2, 0.25) is 5.89 Å². The number of hydrogen-bond acceptors (Lipinski definition) is 6. The van der Waals surface area contributed by atoms with Crippen molar-refractivity contribution in [1.82, 2.24) is 10.2 Å². The highest BCUT2D eigenvalue weighted by atomic mass is 32.2. The summed E-state index contributed by atoms with van der Waals surface area (Å²) in [4.78, 5) is 2.14. The zero-order chi connectivity index (χ0) is 11.7. The molecule has 1 aliphatic heterocycles. The molecule has 1 fully saturated rings. The zero-order valence-electron chi connectivity index (χ0n) is 9.88. The number of thioether (sulfide) groups is 1. The summed E-state index contributed by atoms with van der Waals surface area (Å²) in [5.74, 6) is 0.508. The minimum Gasteiger partial charge on any atom is -0.406 e. The third-order valence-corrected chi connectivity index (χ3v) is 3.74. The first-order valence-electron chi connectivity index (χ1n) is 5.55. The molecule has 5 nitrogen and oxygen atoms in total. The summed E-state index contributed by atoms with van der Waals surface area (Å²) in [5, 5.41) is 9.18.